The van der Waals surface area contributed by atoms with Gasteiger partial charge in [0.1, 0.15) is 22.9 Å². The van der Waals surface area contributed by atoms with Crippen LogP contribution in [0, 0.1) is 13.8 Å². The van der Waals surface area contributed by atoms with Gasteiger partial charge in [-0.15, -0.1) is 0 Å². The van der Waals surface area contributed by atoms with Gasteiger partial charge in [-0.05, 0) is 55.2 Å². The number of ether oxygens (including phenoxy) is 1. The lowest BCUT2D eigenvalue weighted by Gasteiger charge is -2.26. The Labute approximate surface area is 176 Å². The average Bonchev–Trinajstić information content (AvgIpc) is 3.28. The number of aryl methyl sites for hydroxylation is 2. The summed E-state index contributed by atoms with van der Waals surface area (Å²) in [6.07, 6.45) is 1.90. The van der Waals surface area contributed by atoms with E-state index in [1.807, 2.05) is 55.1 Å². The first-order valence-electron chi connectivity index (χ1n) is 10.3. The van der Waals surface area contributed by atoms with Crippen LogP contribution in [0.3, 0.4) is 0 Å². The van der Waals surface area contributed by atoms with E-state index in [-0.39, 0.29) is 17.7 Å². The highest BCUT2D eigenvalue weighted by Gasteiger charge is 2.42. The zero-order valence-electron chi connectivity index (χ0n) is 17.8. The first-order chi connectivity index (χ1) is 14.5. The lowest BCUT2D eigenvalue weighted by Crippen LogP contribution is -2.30. The molecule has 2 N–H and O–H groups in total. The molecule has 0 saturated heterocycles. The number of benzene rings is 2. The molecule has 1 unspecified atom stereocenters. The van der Waals surface area contributed by atoms with Crippen molar-refractivity contribution in [3.8, 4) is 22.8 Å². The highest BCUT2D eigenvalue weighted by Crippen LogP contribution is 2.45. The van der Waals surface area contributed by atoms with Crippen LogP contribution < -0.4 is 4.74 Å². The van der Waals surface area contributed by atoms with E-state index in [9.17, 15) is 9.90 Å². The number of fused-ring (bicyclic) bond motifs is 1. The number of H-pyrrole nitrogens is 1. The lowest BCUT2D eigenvalue weighted by atomic mass is 9.94. The number of phenols is 1. The second-order valence-corrected chi connectivity index (χ2v) is 7.87. The van der Waals surface area contributed by atoms with Crippen molar-refractivity contribution in [2.75, 3.05) is 13.7 Å². The number of hydrogen-bond donors (Lipinski definition) is 2. The molecule has 1 atom stereocenters. The normalized spacial score (nSPS) is 15.5. The molecule has 6 nitrogen and oxygen atoms in total. The van der Waals surface area contributed by atoms with Crippen LogP contribution in [-0.2, 0) is 0 Å². The van der Waals surface area contributed by atoms with Gasteiger partial charge >= 0.3 is 0 Å². The molecule has 0 spiro atoms. The largest absolute Gasteiger partial charge is 0.507 e. The molecule has 156 valence electrons. The second kappa shape index (κ2) is 7.86. The van der Waals surface area contributed by atoms with Crippen molar-refractivity contribution < 1.29 is 14.6 Å². The fourth-order valence-corrected chi connectivity index (χ4v) is 4.26. The van der Waals surface area contributed by atoms with E-state index in [2.05, 4.69) is 17.1 Å². The average molecular weight is 405 g/mol. The molecule has 2 aromatic carbocycles. The number of methoxy groups -OCH3 is 1. The van der Waals surface area contributed by atoms with Crippen LogP contribution in [0.4, 0.5) is 0 Å². The summed E-state index contributed by atoms with van der Waals surface area (Å²) in [7, 11) is 1.63. The van der Waals surface area contributed by atoms with Gasteiger partial charge in [-0.25, -0.2) is 0 Å². The number of unbranched alkanes of at least 4 members (excludes halogenated alkanes) is 1. The molecule has 0 radical (unpaired) electrons. The molecule has 1 aliphatic rings. The van der Waals surface area contributed by atoms with Gasteiger partial charge in [0.25, 0.3) is 5.91 Å². The second-order valence-electron chi connectivity index (χ2n) is 7.87. The third-order valence-corrected chi connectivity index (χ3v) is 5.73. The number of aromatic nitrogens is 2. The Morgan fingerprint density at radius 3 is 2.77 bits per heavy atom. The molecule has 0 bridgehead atoms. The summed E-state index contributed by atoms with van der Waals surface area (Å²) >= 11 is 0. The van der Waals surface area contributed by atoms with Crippen LogP contribution in [0.1, 0.15) is 58.5 Å². The Kier molecular flexibility index (Phi) is 5.24. The first kappa shape index (κ1) is 20.0. The minimum absolute atomic E-state index is 0.0612. The first-order valence-corrected chi connectivity index (χ1v) is 10.3. The number of rotatable bonds is 6. The minimum Gasteiger partial charge on any atom is -0.507 e. The molecule has 30 heavy (non-hydrogen) atoms. The Bertz CT molecular complexity index is 1100. The number of aromatic amines is 1. The predicted octanol–water partition coefficient (Wildman–Crippen LogP) is 4.75. The number of nitrogens with one attached hydrogen (secondary N) is 1. The van der Waals surface area contributed by atoms with Crippen molar-refractivity contribution in [1.82, 2.24) is 15.1 Å². The Morgan fingerprint density at radius 2 is 2.03 bits per heavy atom. The van der Waals surface area contributed by atoms with Gasteiger partial charge < -0.3 is 14.7 Å². The highest BCUT2D eigenvalue weighted by molar-refractivity contribution is 6.00. The van der Waals surface area contributed by atoms with Crippen molar-refractivity contribution in [3.05, 3.63) is 64.3 Å². The number of phenolic OH excluding ortho intramolecular Hbond substituents is 1. The molecule has 3 aromatic rings. The summed E-state index contributed by atoms with van der Waals surface area (Å²) < 4.78 is 5.43. The van der Waals surface area contributed by atoms with Crippen LogP contribution in [0.25, 0.3) is 11.3 Å². The summed E-state index contributed by atoms with van der Waals surface area (Å²) in [5.41, 5.74) is 5.34. The molecular formula is C24H27N3O3. The summed E-state index contributed by atoms with van der Waals surface area (Å²) in [6.45, 7) is 6.62. The van der Waals surface area contributed by atoms with Crippen molar-refractivity contribution >= 4 is 5.91 Å². The molecule has 2 heterocycles. The van der Waals surface area contributed by atoms with Crippen LogP contribution in [0.15, 0.2) is 36.4 Å². The zero-order chi connectivity index (χ0) is 21.4. The maximum absolute atomic E-state index is 13.3. The van der Waals surface area contributed by atoms with Gasteiger partial charge in [-0.3, -0.25) is 9.89 Å². The van der Waals surface area contributed by atoms with E-state index < -0.39 is 0 Å². The number of amides is 1. The molecule has 1 amide bonds. The molecule has 6 heteroatoms. The van der Waals surface area contributed by atoms with Crippen molar-refractivity contribution in [1.29, 1.82) is 0 Å². The number of carbonyl (C=O) groups excluding carboxylic acids is 1. The topological polar surface area (TPSA) is 78.5 Å². The van der Waals surface area contributed by atoms with E-state index in [0.29, 0.717) is 23.5 Å². The minimum atomic E-state index is -0.289. The molecule has 4 rings (SSSR count). The SMILES string of the molecule is CCCCN1C(=O)c2[nH]nc(-c3cc(C)cc(C)c3O)c2C1c1cccc(OC)c1. The maximum atomic E-state index is 13.3. The van der Waals surface area contributed by atoms with E-state index in [0.717, 1.165) is 40.8 Å². The molecule has 0 fully saturated rings. The summed E-state index contributed by atoms with van der Waals surface area (Å²) in [5, 5.41) is 18.2. The van der Waals surface area contributed by atoms with Crippen LogP contribution in [-0.4, -0.2) is 39.8 Å². The van der Waals surface area contributed by atoms with Gasteiger partial charge in [-0.1, -0.05) is 31.5 Å². The molecule has 1 aliphatic heterocycles. The monoisotopic (exact) mass is 405 g/mol. The van der Waals surface area contributed by atoms with E-state index in [1.165, 1.54) is 0 Å². The third kappa shape index (κ3) is 3.22. The van der Waals surface area contributed by atoms with E-state index in [4.69, 9.17) is 4.74 Å². The standard InChI is InChI=1S/C24H27N3O3/c1-5-6-10-27-22(16-8-7-9-17(13-16)30-4)19-20(25-26-21(19)24(27)29)18-12-14(2)11-15(3)23(18)28/h7-9,11-13,22,28H,5-6,10H2,1-4H3,(H,25,26). The number of aromatic hydroxyl groups is 1. The number of carbonyl (C=O) groups is 1. The predicted molar refractivity (Wildman–Crippen MR) is 116 cm³/mol. The maximum Gasteiger partial charge on any atom is 0.273 e. The Morgan fingerprint density at radius 1 is 1.23 bits per heavy atom. The Balaban J connectivity index is 1.92. The summed E-state index contributed by atoms with van der Waals surface area (Å²) in [5.74, 6) is 0.871. The quantitative estimate of drug-likeness (QED) is 0.620. The van der Waals surface area contributed by atoms with Gasteiger partial charge in [0.2, 0.25) is 0 Å². The summed E-state index contributed by atoms with van der Waals surface area (Å²) in [4.78, 5) is 15.2. The van der Waals surface area contributed by atoms with Crippen molar-refractivity contribution in [2.45, 2.75) is 39.7 Å². The Hall–Kier alpha value is -3.28. The van der Waals surface area contributed by atoms with Gasteiger partial charge in [0.05, 0.1) is 13.2 Å². The fraction of sp³-hybridized carbons (Fsp3) is 0.333. The number of nitrogens with zero attached hydrogens (tertiary/aromatic N) is 2. The van der Waals surface area contributed by atoms with Crippen LogP contribution >= 0.6 is 0 Å². The van der Waals surface area contributed by atoms with Crippen molar-refractivity contribution in [3.63, 3.8) is 0 Å². The smallest absolute Gasteiger partial charge is 0.273 e. The highest BCUT2D eigenvalue weighted by atomic mass is 16.5. The van der Waals surface area contributed by atoms with Crippen LogP contribution in [0.5, 0.6) is 11.5 Å². The van der Waals surface area contributed by atoms with E-state index in [1.54, 1.807) is 7.11 Å². The fourth-order valence-electron chi connectivity index (χ4n) is 4.26. The third-order valence-electron chi connectivity index (χ3n) is 5.73. The van der Waals surface area contributed by atoms with Gasteiger partial charge in [0, 0.05) is 17.7 Å². The lowest BCUT2D eigenvalue weighted by molar-refractivity contribution is 0.0741. The number of hydrogen-bond acceptors (Lipinski definition) is 4. The molecular weight excluding hydrogens is 378 g/mol. The van der Waals surface area contributed by atoms with Crippen molar-refractivity contribution in [2.24, 2.45) is 0 Å². The van der Waals surface area contributed by atoms with Gasteiger partial charge in [-0.2, -0.15) is 5.10 Å². The molecule has 0 saturated carbocycles. The van der Waals surface area contributed by atoms with Gasteiger partial charge in [0.15, 0.2) is 0 Å². The van der Waals surface area contributed by atoms with Crippen LogP contribution in [0.2, 0.25) is 0 Å². The summed E-state index contributed by atoms with van der Waals surface area (Å²) in [6, 6.07) is 11.4. The molecule has 1 aromatic heterocycles. The van der Waals surface area contributed by atoms with E-state index >= 15 is 0 Å². The molecule has 0 aliphatic carbocycles. The zero-order valence-corrected chi connectivity index (χ0v) is 17.8.